The Morgan fingerprint density at radius 1 is 1.22 bits per heavy atom. The molecule has 1 aliphatic rings. The van der Waals surface area contributed by atoms with E-state index in [1.807, 2.05) is 13.8 Å². The minimum Gasteiger partial charge on any atom is -0.480 e. The molecule has 0 aromatic heterocycles. The fourth-order valence-corrected chi connectivity index (χ4v) is 2.03. The zero-order chi connectivity index (χ0) is 13.9. The van der Waals surface area contributed by atoms with E-state index in [-0.39, 0.29) is 6.54 Å². The molecule has 7 heteroatoms. The number of carbonyl (C=O) groups excluding carboxylic acids is 2. The minimum atomic E-state index is -1.16. The average Bonchev–Trinajstić information content (AvgIpc) is 2.56. The van der Waals surface area contributed by atoms with Gasteiger partial charge in [-0.1, -0.05) is 13.8 Å². The maximum Gasteiger partial charge on any atom is 0.323 e. The summed E-state index contributed by atoms with van der Waals surface area (Å²) in [6.07, 6.45) is 0. The van der Waals surface area contributed by atoms with Gasteiger partial charge < -0.3 is 20.6 Å². The molecule has 0 aliphatic carbocycles. The van der Waals surface area contributed by atoms with E-state index in [1.165, 1.54) is 0 Å². The topological polar surface area (TPSA) is 104 Å². The van der Waals surface area contributed by atoms with Gasteiger partial charge in [0.1, 0.15) is 13.1 Å². The summed E-state index contributed by atoms with van der Waals surface area (Å²) >= 11 is 0. The van der Waals surface area contributed by atoms with Crippen molar-refractivity contribution in [3.05, 3.63) is 0 Å². The number of primary amides is 1. The van der Waals surface area contributed by atoms with Crippen molar-refractivity contribution in [3.8, 4) is 0 Å². The van der Waals surface area contributed by atoms with Crippen LogP contribution in [0, 0.1) is 11.8 Å². The SMILES string of the molecule is CC1CN(C(=O)N(CC(N)=O)CC(=O)O)CC1C. The van der Waals surface area contributed by atoms with Crippen LogP contribution in [0.15, 0.2) is 0 Å². The third kappa shape index (κ3) is 3.61. The normalized spacial score (nSPS) is 22.9. The number of rotatable bonds is 4. The molecule has 2 atom stereocenters. The van der Waals surface area contributed by atoms with Crippen molar-refractivity contribution in [1.29, 1.82) is 0 Å². The van der Waals surface area contributed by atoms with Gasteiger partial charge in [0, 0.05) is 13.1 Å². The highest BCUT2D eigenvalue weighted by Crippen LogP contribution is 2.22. The molecule has 0 radical (unpaired) electrons. The molecule has 102 valence electrons. The van der Waals surface area contributed by atoms with Gasteiger partial charge in [-0.25, -0.2) is 4.79 Å². The van der Waals surface area contributed by atoms with Gasteiger partial charge in [-0.2, -0.15) is 0 Å². The Kier molecular flexibility index (Phi) is 4.52. The van der Waals surface area contributed by atoms with Crippen molar-refractivity contribution < 1.29 is 19.5 Å². The Bertz CT molecular complexity index is 332. The van der Waals surface area contributed by atoms with Gasteiger partial charge in [0.2, 0.25) is 5.91 Å². The highest BCUT2D eigenvalue weighted by Gasteiger charge is 2.32. The van der Waals surface area contributed by atoms with Crippen LogP contribution in [-0.4, -0.2) is 59.0 Å². The van der Waals surface area contributed by atoms with Gasteiger partial charge in [-0.3, -0.25) is 9.59 Å². The summed E-state index contributed by atoms with van der Waals surface area (Å²) in [6, 6.07) is -0.438. The first-order valence-electron chi connectivity index (χ1n) is 5.85. The highest BCUT2D eigenvalue weighted by molar-refractivity contribution is 5.86. The number of nitrogens with zero attached hydrogens (tertiary/aromatic N) is 2. The monoisotopic (exact) mass is 257 g/mol. The predicted molar refractivity (Wildman–Crippen MR) is 63.7 cm³/mol. The summed E-state index contributed by atoms with van der Waals surface area (Å²) in [5, 5.41) is 8.73. The van der Waals surface area contributed by atoms with Gasteiger partial charge in [0.05, 0.1) is 0 Å². The molecule has 7 nitrogen and oxygen atoms in total. The van der Waals surface area contributed by atoms with Crippen molar-refractivity contribution in [2.45, 2.75) is 13.8 Å². The molecule has 1 heterocycles. The van der Waals surface area contributed by atoms with Crippen LogP contribution in [0.1, 0.15) is 13.8 Å². The highest BCUT2D eigenvalue weighted by atomic mass is 16.4. The lowest BCUT2D eigenvalue weighted by molar-refractivity contribution is -0.138. The van der Waals surface area contributed by atoms with Gasteiger partial charge in [-0.15, -0.1) is 0 Å². The summed E-state index contributed by atoms with van der Waals surface area (Å²) in [5.41, 5.74) is 5.02. The van der Waals surface area contributed by atoms with E-state index in [1.54, 1.807) is 4.90 Å². The molecule has 2 unspecified atom stereocenters. The van der Waals surface area contributed by atoms with Crippen LogP contribution in [0.4, 0.5) is 4.79 Å². The third-order valence-electron chi connectivity index (χ3n) is 3.20. The second-order valence-electron chi connectivity index (χ2n) is 4.86. The zero-order valence-corrected chi connectivity index (χ0v) is 10.6. The van der Waals surface area contributed by atoms with Gasteiger partial charge >= 0.3 is 12.0 Å². The van der Waals surface area contributed by atoms with E-state index in [9.17, 15) is 14.4 Å². The molecule has 0 bridgehead atoms. The van der Waals surface area contributed by atoms with E-state index in [0.29, 0.717) is 24.9 Å². The number of urea groups is 1. The molecule has 0 aromatic carbocycles. The number of likely N-dealkylation sites (tertiary alicyclic amines) is 1. The number of hydrogen-bond donors (Lipinski definition) is 2. The van der Waals surface area contributed by atoms with Gasteiger partial charge in [-0.05, 0) is 11.8 Å². The van der Waals surface area contributed by atoms with Crippen LogP contribution in [0.3, 0.4) is 0 Å². The molecule has 0 aromatic rings. The predicted octanol–water partition coefficient (Wildman–Crippen LogP) is -0.434. The van der Waals surface area contributed by atoms with Crippen molar-refractivity contribution in [3.63, 3.8) is 0 Å². The molecular formula is C11H19N3O4. The second kappa shape index (κ2) is 5.70. The van der Waals surface area contributed by atoms with E-state index in [2.05, 4.69) is 0 Å². The Hall–Kier alpha value is -1.79. The Morgan fingerprint density at radius 3 is 2.11 bits per heavy atom. The van der Waals surface area contributed by atoms with E-state index >= 15 is 0 Å². The molecular weight excluding hydrogens is 238 g/mol. The number of amides is 3. The molecule has 0 saturated carbocycles. The maximum atomic E-state index is 12.1. The van der Waals surface area contributed by atoms with Crippen LogP contribution in [0.5, 0.6) is 0 Å². The Morgan fingerprint density at radius 2 is 1.72 bits per heavy atom. The number of aliphatic carboxylic acids is 1. The molecule has 1 rings (SSSR count). The van der Waals surface area contributed by atoms with Crippen LogP contribution in [0.2, 0.25) is 0 Å². The fourth-order valence-electron chi connectivity index (χ4n) is 2.03. The molecule has 1 fully saturated rings. The standard InChI is InChI=1S/C11H19N3O4/c1-7-3-13(4-8(7)2)11(18)14(5-9(12)15)6-10(16)17/h7-8H,3-6H2,1-2H3,(H2,12,15)(H,16,17). The van der Waals surface area contributed by atoms with Gasteiger partial charge in [0.25, 0.3) is 0 Å². The molecule has 1 aliphatic heterocycles. The molecule has 0 spiro atoms. The lowest BCUT2D eigenvalue weighted by Gasteiger charge is -2.25. The summed E-state index contributed by atoms with van der Waals surface area (Å²) < 4.78 is 0. The van der Waals surface area contributed by atoms with E-state index in [4.69, 9.17) is 10.8 Å². The smallest absolute Gasteiger partial charge is 0.323 e. The Balaban J connectivity index is 2.70. The number of carboxylic acid groups (broad SMARTS) is 1. The van der Waals surface area contributed by atoms with Gasteiger partial charge in [0.15, 0.2) is 0 Å². The summed E-state index contributed by atoms with van der Waals surface area (Å²) in [6.45, 7) is 4.34. The first-order valence-corrected chi connectivity index (χ1v) is 5.85. The number of hydrogen-bond acceptors (Lipinski definition) is 3. The lowest BCUT2D eigenvalue weighted by atomic mass is 10.0. The summed E-state index contributed by atoms with van der Waals surface area (Å²) in [5.74, 6) is -1.14. The van der Waals surface area contributed by atoms with Crippen molar-refractivity contribution >= 4 is 17.9 Å². The molecule has 3 N–H and O–H groups in total. The molecule has 3 amide bonds. The van der Waals surface area contributed by atoms with E-state index in [0.717, 1.165) is 4.90 Å². The number of carboxylic acids is 1. The van der Waals surface area contributed by atoms with Crippen LogP contribution >= 0.6 is 0 Å². The largest absolute Gasteiger partial charge is 0.480 e. The second-order valence-corrected chi connectivity index (χ2v) is 4.86. The quantitative estimate of drug-likeness (QED) is 0.712. The van der Waals surface area contributed by atoms with Crippen molar-refractivity contribution in [2.24, 2.45) is 17.6 Å². The summed E-state index contributed by atoms with van der Waals surface area (Å²) in [4.78, 5) is 36.2. The fraction of sp³-hybridized carbons (Fsp3) is 0.727. The van der Waals surface area contributed by atoms with Crippen molar-refractivity contribution in [1.82, 2.24) is 9.80 Å². The van der Waals surface area contributed by atoms with E-state index < -0.39 is 24.5 Å². The molecule has 1 saturated heterocycles. The van der Waals surface area contributed by atoms with Crippen LogP contribution < -0.4 is 5.73 Å². The first kappa shape index (κ1) is 14.3. The lowest BCUT2D eigenvalue weighted by Crippen LogP contribution is -2.47. The zero-order valence-electron chi connectivity index (χ0n) is 10.6. The first-order chi connectivity index (χ1) is 8.31. The number of carbonyl (C=O) groups is 3. The number of nitrogens with two attached hydrogens (primary N) is 1. The third-order valence-corrected chi connectivity index (χ3v) is 3.20. The van der Waals surface area contributed by atoms with Crippen LogP contribution in [0.25, 0.3) is 0 Å². The minimum absolute atomic E-state index is 0.370. The maximum absolute atomic E-state index is 12.1. The van der Waals surface area contributed by atoms with Crippen molar-refractivity contribution in [2.75, 3.05) is 26.2 Å². The summed E-state index contributed by atoms with van der Waals surface area (Å²) in [7, 11) is 0. The van der Waals surface area contributed by atoms with Crippen LogP contribution in [-0.2, 0) is 9.59 Å². The average molecular weight is 257 g/mol. The Labute approximate surface area is 106 Å². The molecule has 18 heavy (non-hydrogen) atoms.